The molecule has 1 N–H and O–H groups in total. The maximum absolute atomic E-state index is 9.23. The summed E-state index contributed by atoms with van der Waals surface area (Å²) in [7, 11) is 1.60. The third-order valence-electron chi connectivity index (χ3n) is 2.49. The molecule has 0 fully saturated rings. The Balaban J connectivity index is 2.08. The first-order chi connectivity index (χ1) is 9.22. The monoisotopic (exact) mass is 256 g/mol. The Morgan fingerprint density at radius 2 is 2.05 bits per heavy atom. The molecule has 0 bridgehead atoms. The molecule has 0 unspecified atom stereocenters. The molecule has 0 radical (unpaired) electrons. The normalized spacial score (nSPS) is 9.68. The smallest absolute Gasteiger partial charge is 0.232 e. The summed E-state index contributed by atoms with van der Waals surface area (Å²) in [5, 5.41) is 18.1. The standard InChI is InChI=1S/C14H12N2O3/c1-18-13-4-2-10(3-5-13)9-19-14-11(7-15)6-12(17)8-16-14/h2-6,8,17H,9H2,1H3. The molecule has 2 aromatic rings. The van der Waals surface area contributed by atoms with Crippen molar-refractivity contribution in [1.29, 1.82) is 5.26 Å². The lowest BCUT2D eigenvalue weighted by atomic mass is 10.2. The van der Waals surface area contributed by atoms with E-state index in [1.807, 2.05) is 30.3 Å². The summed E-state index contributed by atoms with van der Waals surface area (Å²) in [4.78, 5) is 3.88. The van der Waals surface area contributed by atoms with Gasteiger partial charge in [-0.2, -0.15) is 5.26 Å². The number of nitrogens with zero attached hydrogens (tertiary/aromatic N) is 2. The van der Waals surface area contributed by atoms with Gasteiger partial charge in [-0.25, -0.2) is 4.98 Å². The summed E-state index contributed by atoms with van der Waals surface area (Å²) in [6, 6.07) is 10.6. The summed E-state index contributed by atoms with van der Waals surface area (Å²) >= 11 is 0. The van der Waals surface area contributed by atoms with E-state index in [-0.39, 0.29) is 23.8 Å². The van der Waals surface area contributed by atoms with Crippen molar-refractivity contribution >= 4 is 0 Å². The summed E-state index contributed by atoms with van der Waals surface area (Å²) in [5.74, 6) is 0.911. The Hall–Kier alpha value is -2.74. The Bertz CT molecular complexity index is 603. The molecule has 1 heterocycles. The van der Waals surface area contributed by atoms with Crippen LogP contribution in [0.1, 0.15) is 11.1 Å². The van der Waals surface area contributed by atoms with Gasteiger partial charge in [0.25, 0.3) is 0 Å². The number of ether oxygens (including phenoxy) is 2. The van der Waals surface area contributed by atoms with Crippen LogP contribution < -0.4 is 9.47 Å². The zero-order valence-electron chi connectivity index (χ0n) is 10.3. The minimum atomic E-state index is -0.0617. The van der Waals surface area contributed by atoms with Crippen molar-refractivity contribution in [2.75, 3.05) is 7.11 Å². The van der Waals surface area contributed by atoms with E-state index in [0.29, 0.717) is 0 Å². The van der Waals surface area contributed by atoms with Crippen molar-refractivity contribution in [2.45, 2.75) is 6.61 Å². The maximum Gasteiger partial charge on any atom is 0.232 e. The van der Waals surface area contributed by atoms with Crippen molar-refractivity contribution in [1.82, 2.24) is 4.98 Å². The molecule has 19 heavy (non-hydrogen) atoms. The van der Waals surface area contributed by atoms with Crippen LogP contribution in [0, 0.1) is 11.3 Å². The second kappa shape index (κ2) is 5.74. The average molecular weight is 256 g/mol. The van der Waals surface area contributed by atoms with E-state index in [1.165, 1.54) is 12.3 Å². The molecule has 0 aliphatic rings. The van der Waals surface area contributed by atoms with Gasteiger partial charge in [0, 0.05) is 6.07 Å². The van der Waals surface area contributed by atoms with Crippen LogP contribution >= 0.6 is 0 Å². The Labute approximate surface area is 110 Å². The van der Waals surface area contributed by atoms with Gasteiger partial charge in [-0.1, -0.05) is 12.1 Å². The summed E-state index contributed by atoms with van der Waals surface area (Å²) in [5.41, 5.74) is 1.13. The number of nitriles is 1. The first kappa shape index (κ1) is 12.7. The van der Waals surface area contributed by atoms with E-state index in [1.54, 1.807) is 7.11 Å². The van der Waals surface area contributed by atoms with E-state index in [0.717, 1.165) is 11.3 Å². The van der Waals surface area contributed by atoms with Gasteiger partial charge >= 0.3 is 0 Å². The highest BCUT2D eigenvalue weighted by Crippen LogP contribution is 2.20. The van der Waals surface area contributed by atoms with Crippen LogP contribution in [0.25, 0.3) is 0 Å². The quantitative estimate of drug-likeness (QED) is 0.907. The lowest BCUT2D eigenvalue weighted by Gasteiger charge is -2.07. The summed E-state index contributed by atoms with van der Waals surface area (Å²) in [6.45, 7) is 0.288. The van der Waals surface area contributed by atoms with Gasteiger partial charge < -0.3 is 14.6 Å². The zero-order chi connectivity index (χ0) is 13.7. The van der Waals surface area contributed by atoms with E-state index in [9.17, 15) is 5.11 Å². The first-order valence-corrected chi connectivity index (χ1v) is 5.58. The highest BCUT2D eigenvalue weighted by atomic mass is 16.5. The molecule has 1 aromatic carbocycles. The van der Waals surface area contributed by atoms with E-state index >= 15 is 0 Å². The van der Waals surface area contributed by atoms with Gasteiger partial charge in [0.2, 0.25) is 5.88 Å². The second-order valence-corrected chi connectivity index (χ2v) is 3.79. The molecule has 0 aliphatic carbocycles. The molecular formula is C14H12N2O3. The van der Waals surface area contributed by atoms with Gasteiger partial charge in [-0.3, -0.25) is 0 Å². The molecule has 96 valence electrons. The van der Waals surface area contributed by atoms with Gasteiger partial charge in [-0.15, -0.1) is 0 Å². The third-order valence-corrected chi connectivity index (χ3v) is 2.49. The fourth-order valence-electron chi connectivity index (χ4n) is 1.51. The number of aromatic nitrogens is 1. The molecule has 5 nitrogen and oxygen atoms in total. The highest BCUT2D eigenvalue weighted by molar-refractivity contribution is 5.41. The predicted molar refractivity (Wildman–Crippen MR) is 67.9 cm³/mol. The number of aromatic hydroxyl groups is 1. The Kier molecular flexibility index (Phi) is 3.84. The largest absolute Gasteiger partial charge is 0.506 e. The number of hydrogen-bond donors (Lipinski definition) is 1. The Morgan fingerprint density at radius 3 is 2.68 bits per heavy atom. The molecule has 0 saturated carbocycles. The fraction of sp³-hybridized carbons (Fsp3) is 0.143. The molecule has 0 amide bonds. The van der Waals surface area contributed by atoms with Gasteiger partial charge in [-0.05, 0) is 17.7 Å². The summed E-state index contributed by atoms with van der Waals surface area (Å²) < 4.78 is 10.5. The van der Waals surface area contributed by atoms with E-state index in [4.69, 9.17) is 14.7 Å². The van der Waals surface area contributed by atoms with Gasteiger partial charge in [0.05, 0.1) is 13.3 Å². The minimum absolute atomic E-state index is 0.0617. The highest BCUT2D eigenvalue weighted by Gasteiger charge is 2.06. The number of rotatable bonds is 4. The molecule has 5 heteroatoms. The molecular weight excluding hydrogens is 244 g/mol. The topological polar surface area (TPSA) is 75.4 Å². The van der Waals surface area contributed by atoms with E-state index in [2.05, 4.69) is 4.98 Å². The molecule has 0 spiro atoms. The maximum atomic E-state index is 9.23. The fourth-order valence-corrected chi connectivity index (χ4v) is 1.51. The number of methoxy groups -OCH3 is 1. The van der Waals surface area contributed by atoms with Gasteiger partial charge in [0.1, 0.15) is 29.7 Å². The molecule has 0 saturated heterocycles. The van der Waals surface area contributed by atoms with Crippen LogP contribution in [-0.4, -0.2) is 17.2 Å². The molecule has 1 aromatic heterocycles. The number of benzene rings is 1. The van der Waals surface area contributed by atoms with Crippen molar-refractivity contribution in [2.24, 2.45) is 0 Å². The van der Waals surface area contributed by atoms with Crippen LogP contribution in [0.5, 0.6) is 17.4 Å². The molecule has 0 aliphatic heterocycles. The number of pyridine rings is 1. The van der Waals surface area contributed by atoms with Crippen LogP contribution in [-0.2, 0) is 6.61 Å². The third kappa shape index (κ3) is 3.13. The SMILES string of the molecule is COc1ccc(COc2ncc(O)cc2C#N)cc1. The Morgan fingerprint density at radius 1 is 1.32 bits per heavy atom. The van der Waals surface area contributed by atoms with E-state index < -0.39 is 0 Å². The molecule has 2 rings (SSSR count). The van der Waals surface area contributed by atoms with Crippen LogP contribution in [0.15, 0.2) is 36.5 Å². The van der Waals surface area contributed by atoms with Crippen molar-refractivity contribution in [3.63, 3.8) is 0 Å². The zero-order valence-corrected chi connectivity index (χ0v) is 10.3. The van der Waals surface area contributed by atoms with Crippen LogP contribution in [0.2, 0.25) is 0 Å². The lowest BCUT2D eigenvalue weighted by Crippen LogP contribution is -1.99. The van der Waals surface area contributed by atoms with Crippen LogP contribution in [0.4, 0.5) is 0 Å². The average Bonchev–Trinajstić information content (AvgIpc) is 2.46. The predicted octanol–water partition coefficient (Wildman–Crippen LogP) is 2.25. The molecule has 0 atom stereocenters. The van der Waals surface area contributed by atoms with Crippen molar-refractivity contribution in [3.8, 4) is 23.4 Å². The first-order valence-electron chi connectivity index (χ1n) is 5.58. The number of hydrogen-bond acceptors (Lipinski definition) is 5. The summed E-state index contributed by atoms with van der Waals surface area (Å²) in [6.07, 6.45) is 1.24. The second-order valence-electron chi connectivity index (χ2n) is 3.79. The van der Waals surface area contributed by atoms with Crippen LogP contribution in [0.3, 0.4) is 0 Å². The van der Waals surface area contributed by atoms with Crippen molar-refractivity contribution < 1.29 is 14.6 Å². The van der Waals surface area contributed by atoms with Gasteiger partial charge in [0.15, 0.2) is 0 Å². The van der Waals surface area contributed by atoms with Crippen molar-refractivity contribution in [3.05, 3.63) is 47.7 Å². The minimum Gasteiger partial charge on any atom is -0.506 e. The lowest BCUT2D eigenvalue weighted by molar-refractivity contribution is 0.291.